The number of hydrogen-bond donors (Lipinski definition) is 1. The van der Waals surface area contributed by atoms with Crippen molar-refractivity contribution in [3.63, 3.8) is 0 Å². The molecule has 1 aromatic carbocycles. The van der Waals surface area contributed by atoms with Gasteiger partial charge in [0.15, 0.2) is 0 Å². The van der Waals surface area contributed by atoms with Crippen molar-refractivity contribution < 1.29 is 9.90 Å². The van der Waals surface area contributed by atoms with Gasteiger partial charge in [0.2, 0.25) is 0 Å². The Morgan fingerprint density at radius 1 is 1.40 bits per heavy atom. The first-order valence-electron chi connectivity index (χ1n) is 6.25. The van der Waals surface area contributed by atoms with Gasteiger partial charge in [-0.25, -0.2) is 9.48 Å². The standard InChI is InChI=1S/C14H14BrClN2O2/c1-2-3-11-12(14(19)20)13(16)18(17-11)8-9-4-6-10(15)7-5-9/h4-7H,2-3,8H2,1H3,(H,19,20). The zero-order valence-electron chi connectivity index (χ0n) is 10.9. The molecular formula is C14H14BrClN2O2. The van der Waals surface area contributed by atoms with Crippen LogP contribution in [-0.2, 0) is 13.0 Å². The van der Waals surface area contributed by atoms with Crippen LogP contribution in [0.5, 0.6) is 0 Å². The summed E-state index contributed by atoms with van der Waals surface area (Å²) in [5.74, 6) is -1.03. The fourth-order valence-electron chi connectivity index (χ4n) is 1.98. The first kappa shape index (κ1) is 15.1. The number of nitrogens with zero attached hydrogens (tertiary/aromatic N) is 2. The molecule has 2 rings (SSSR count). The summed E-state index contributed by atoms with van der Waals surface area (Å²) in [6.45, 7) is 2.43. The van der Waals surface area contributed by atoms with Gasteiger partial charge >= 0.3 is 5.97 Å². The second-order valence-corrected chi connectivity index (χ2v) is 5.73. The van der Waals surface area contributed by atoms with E-state index in [9.17, 15) is 9.90 Å². The lowest BCUT2D eigenvalue weighted by Crippen LogP contribution is -2.03. The molecule has 1 N–H and O–H groups in total. The fraction of sp³-hybridized carbons (Fsp3) is 0.286. The van der Waals surface area contributed by atoms with Gasteiger partial charge in [0, 0.05) is 4.47 Å². The molecule has 2 aromatic rings. The molecule has 0 aliphatic rings. The minimum Gasteiger partial charge on any atom is -0.478 e. The molecule has 0 aliphatic heterocycles. The second kappa shape index (κ2) is 6.41. The molecule has 4 nitrogen and oxygen atoms in total. The van der Waals surface area contributed by atoms with Crippen LogP contribution in [0.25, 0.3) is 0 Å². The highest BCUT2D eigenvalue weighted by Gasteiger charge is 2.21. The van der Waals surface area contributed by atoms with Crippen molar-refractivity contribution in [1.82, 2.24) is 9.78 Å². The molecule has 0 fully saturated rings. The van der Waals surface area contributed by atoms with Crippen LogP contribution in [0, 0.1) is 0 Å². The van der Waals surface area contributed by atoms with Gasteiger partial charge in [-0.3, -0.25) is 0 Å². The van der Waals surface area contributed by atoms with Crippen molar-refractivity contribution in [3.8, 4) is 0 Å². The van der Waals surface area contributed by atoms with Gasteiger partial charge in [-0.1, -0.05) is 53.0 Å². The highest BCUT2D eigenvalue weighted by atomic mass is 79.9. The Balaban J connectivity index is 2.34. The Kier molecular flexibility index (Phi) is 4.83. The highest BCUT2D eigenvalue weighted by molar-refractivity contribution is 9.10. The van der Waals surface area contributed by atoms with E-state index in [0.717, 1.165) is 16.5 Å². The molecule has 0 unspecified atom stereocenters. The smallest absolute Gasteiger partial charge is 0.340 e. The van der Waals surface area contributed by atoms with Crippen molar-refractivity contribution in [3.05, 3.63) is 50.7 Å². The molecule has 0 atom stereocenters. The number of halogens is 2. The Labute approximate surface area is 130 Å². The highest BCUT2D eigenvalue weighted by Crippen LogP contribution is 2.23. The summed E-state index contributed by atoms with van der Waals surface area (Å²) in [4.78, 5) is 11.3. The second-order valence-electron chi connectivity index (χ2n) is 4.45. The Morgan fingerprint density at radius 3 is 2.60 bits per heavy atom. The number of aromatic nitrogens is 2. The summed E-state index contributed by atoms with van der Waals surface area (Å²) in [6.07, 6.45) is 1.43. The molecule has 106 valence electrons. The van der Waals surface area contributed by atoms with E-state index in [1.807, 2.05) is 31.2 Å². The minimum atomic E-state index is -1.03. The number of carboxylic acid groups (broad SMARTS) is 1. The SMILES string of the molecule is CCCc1nn(Cc2ccc(Br)cc2)c(Cl)c1C(=O)O. The van der Waals surface area contributed by atoms with Crippen LogP contribution in [0.1, 0.15) is 35.0 Å². The van der Waals surface area contributed by atoms with E-state index in [2.05, 4.69) is 21.0 Å². The number of aryl methyl sites for hydroxylation is 1. The molecule has 6 heteroatoms. The zero-order valence-corrected chi connectivity index (χ0v) is 13.3. The summed E-state index contributed by atoms with van der Waals surface area (Å²) in [5.41, 5.74) is 1.67. The lowest BCUT2D eigenvalue weighted by atomic mass is 10.2. The van der Waals surface area contributed by atoms with Gasteiger partial charge < -0.3 is 5.11 Å². The molecule has 20 heavy (non-hydrogen) atoms. The molecule has 0 aliphatic carbocycles. The maximum absolute atomic E-state index is 11.3. The lowest BCUT2D eigenvalue weighted by Gasteiger charge is -2.03. The summed E-state index contributed by atoms with van der Waals surface area (Å²) in [5, 5.41) is 13.8. The molecule has 1 heterocycles. The van der Waals surface area contributed by atoms with Crippen molar-refractivity contribution >= 4 is 33.5 Å². The largest absolute Gasteiger partial charge is 0.478 e. The molecular weight excluding hydrogens is 344 g/mol. The van der Waals surface area contributed by atoms with Gasteiger partial charge in [-0.05, 0) is 24.1 Å². The third-order valence-electron chi connectivity index (χ3n) is 2.91. The van der Waals surface area contributed by atoms with Crippen LogP contribution in [0.2, 0.25) is 5.15 Å². The third-order valence-corrected chi connectivity index (χ3v) is 3.82. The average molecular weight is 358 g/mol. The van der Waals surface area contributed by atoms with E-state index < -0.39 is 5.97 Å². The fourth-order valence-corrected chi connectivity index (χ4v) is 2.53. The maximum atomic E-state index is 11.3. The lowest BCUT2D eigenvalue weighted by molar-refractivity contribution is 0.0696. The predicted molar refractivity (Wildman–Crippen MR) is 81.4 cm³/mol. The van der Waals surface area contributed by atoms with Crippen LogP contribution in [0.15, 0.2) is 28.7 Å². The van der Waals surface area contributed by atoms with Gasteiger partial charge in [-0.2, -0.15) is 5.10 Å². The third kappa shape index (κ3) is 3.22. The van der Waals surface area contributed by atoms with Crippen molar-refractivity contribution in [1.29, 1.82) is 0 Å². The predicted octanol–water partition coefficient (Wildman–Crippen LogP) is 4.00. The van der Waals surface area contributed by atoms with E-state index >= 15 is 0 Å². The minimum absolute atomic E-state index is 0.116. The van der Waals surface area contributed by atoms with Gasteiger partial charge in [0.25, 0.3) is 0 Å². The number of carboxylic acids is 1. The van der Waals surface area contributed by atoms with E-state index in [4.69, 9.17) is 11.6 Å². The van der Waals surface area contributed by atoms with Crippen LogP contribution in [0.4, 0.5) is 0 Å². The van der Waals surface area contributed by atoms with Gasteiger partial charge in [-0.15, -0.1) is 0 Å². The van der Waals surface area contributed by atoms with Crippen LogP contribution >= 0.6 is 27.5 Å². The topological polar surface area (TPSA) is 55.1 Å². The first-order valence-corrected chi connectivity index (χ1v) is 7.43. The monoisotopic (exact) mass is 356 g/mol. The molecule has 1 aromatic heterocycles. The van der Waals surface area contributed by atoms with E-state index in [1.54, 1.807) is 4.68 Å². The number of aromatic carboxylic acids is 1. The van der Waals surface area contributed by atoms with Crippen LogP contribution < -0.4 is 0 Å². The van der Waals surface area contributed by atoms with Crippen molar-refractivity contribution in [2.75, 3.05) is 0 Å². The molecule has 0 amide bonds. The summed E-state index contributed by atoms with van der Waals surface area (Å²) >= 11 is 9.53. The number of hydrogen-bond acceptors (Lipinski definition) is 2. The Bertz CT molecular complexity index is 623. The first-order chi connectivity index (χ1) is 9.52. The average Bonchev–Trinajstić information content (AvgIpc) is 2.69. The maximum Gasteiger partial charge on any atom is 0.340 e. The molecule has 0 bridgehead atoms. The molecule has 0 saturated carbocycles. The molecule has 0 saturated heterocycles. The van der Waals surface area contributed by atoms with E-state index in [1.165, 1.54) is 0 Å². The normalized spacial score (nSPS) is 10.8. The number of rotatable bonds is 5. The quantitative estimate of drug-likeness (QED) is 0.880. The summed E-state index contributed by atoms with van der Waals surface area (Å²) < 4.78 is 2.53. The zero-order chi connectivity index (χ0) is 14.7. The van der Waals surface area contributed by atoms with Crippen molar-refractivity contribution in [2.45, 2.75) is 26.3 Å². The van der Waals surface area contributed by atoms with E-state index in [-0.39, 0.29) is 10.7 Å². The molecule has 0 spiro atoms. The van der Waals surface area contributed by atoms with E-state index in [0.29, 0.717) is 18.7 Å². The van der Waals surface area contributed by atoms with Gasteiger partial charge in [0.1, 0.15) is 10.7 Å². The summed E-state index contributed by atoms with van der Waals surface area (Å²) in [6, 6.07) is 7.75. The van der Waals surface area contributed by atoms with Crippen molar-refractivity contribution in [2.24, 2.45) is 0 Å². The number of benzene rings is 1. The number of carbonyl (C=O) groups is 1. The van der Waals surface area contributed by atoms with Gasteiger partial charge in [0.05, 0.1) is 12.2 Å². The Hall–Kier alpha value is -1.33. The Morgan fingerprint density at radius 2 is 2.05 bits per heavy atom. The molecule has 0 radical (unpaired) electrons. The summed E-state index contributed by atoms with van der Waals surface area (Å²) in [7, 11) is 0. The van der Waals surface area contributed by atoms with Crippen LogP contribution in [-0.4, -0.2) is 20.9 Å². The van der Waals surface area contributed by atoms with Crippen LogP contribution in [0.3, 0.4) is 0 Å².